The molecular weight excluding hydrogens is 246 g/mol. The maximum absolute atomic E-state index is 11.2. The lowest BCUT2D eigenvalue weighted by molar-refractivity contribution is -0.118. The zero-order valence-electron chi connectivity index (χ0n) is 11.9. The van der Waals surface area contributed by atoms with Crippen molar-refractivity contribution in [2.24, 2.45) is 5.73 Å². The fourth-order valence-electron chi connectivity index (χ4n) is 2.89. The van der Waals surface area contributed by atoms with Crippen LogP contribution in [0.1, 0.15) is 37.3 Å². The van der Waals surface area contributed by atoms with Crippen LogP contribution in [0.5, 0.6) is 0 Å². The third kappa shape index (κ3) is 2.90. The third-order valence-electron chi connectivity index (χ3n) is 4.05. The lowest BCUT2D eigenvalue weighted by Crippen LogP contribution is -2.29. The van der Waals surface area contributed by atoms with E-state index in [1.807, 2.05) is 36.4 Å². The van der Waals surface area contributed by atoms with Crippen molar-refractivity contribution < 1.29 is 4.79 Å². The van der Waals surface area contributed by atoms with Gasteiger partial charge in [-0.15, -0.1) is 0 Å². The molecule has 0 fully saturated rings. The van der Waals surface area contributed by atoms with E-state index in [4.69, 9.17) is 5.73 Å². The Kier molecular flexibility index (Phi) is 4.57. The van der Waals surface area contributed by atoms with E-state index in [1.54, 1.807) is 0 Å². The lowest BCUT2D eigenvalue weighted by atomic mass is 9.69. The topological polar surface area (TPSA) is 43.1 Å². The average Bonchev–Trinajstić information content (AvgIpc) is 2.50. The summed E-state index contributed by atoms with van der Waals surface area (Å²) in [5.41, 5.74) is 7.72. The van der Waals surface area contributed by atoms with Crippen molar-refractivity contribution in [1.29, 1.82) is 0 Å². The molecule has 2 N–H and O–H groups in total. The van der Waals surface area contributed by atoms with Gasteiger partial charge in [0.15, 0.2) is 0 Å². The molecule has 0 heterocycles. The van der Waals surface area contributed by atoms with Crippen LogP contribution in [0.25, 0.3) is 0 Å². The molecule has 0 aliphatic carbocycles. The standard InChI is InChI=1S/C18H21NO/c1-2-18(14-13-17(19)20,15-9-5-3-6-10-15)16-11-7-4-8-12-16/h3-12H,2,13-14H2,1H3,(H2,19,20). The molecule has 104 valence electrons. The van der Waals surface area contributed by atoms with Crippen molar-refractivity contribution in [3.8, 4) is 0 Å². The molecule has 0 bridgehead atoms. The Balaban J connectivity index is 2.49. The Hall–Kier alpha value is -2.09. The predicted molar refractivity (Wildman–Crippen MR) is 82.4 cm³/mol. The van der Waals surface area contributed by atoms with Gasteiger partial charge in [-0.25, -0.2) is 0 Å². The van der Waals surface area contributed by atoms with E-state index in [0.29, 0.717) is 6.42 Å². The van der Waals surface area contributed by atoms with Gasteiger partial charge in [-0.2, -0.15) is 0 Å². The molecule has 0 aromatic heterocycles. The number of carbonyl (C=O) groups excluding carboxylic acids is 1. The van der Waals surface area contributed by atoms with Crippen LogP contribution < -0.4 is 5.73 Å². The SMILES string of the molecule is CCC(CCC(N)=O)(c1ccccc1)c1ccccc1. The predicted octanol–water partition coefficient (Wildman–Crippen LogP) is 3.65. The van der Waals surface area contributed by atoms with Gasteiger partial charge >= 0.3 is 0 Å². The van der Waals surface area contributed by atoms with Crippen molar-refractivity contribution in [3.63, 3.8) is 0 Å². The monoisotopic (exact) mass is 267 g/mol. The van der Waals surface area contributed by atoms with Gasteiger partial charge in [-0.05, 0) is 24.0 Å². The molecule has 0 spiro atoms. The molecule has 20 heavy (non-hydrogen) atoms. The van der Waals surface area contributed by atoms with E-state index in [2.05, 4.69) is 31.2 Å². The van der Waals surface area contributed by atoms with Crippen LogP contribution in [-0.2, 0) is 10.2 Å². The minimum absolute atomic E-state index is 0.141. The highest BCUT2D eigenvalue weighted by molar-refractivity contribution is 5.74. The first-order valence-electron chi connectivity index (χ1n) is 7.08. The second kappa shape index (κ2) is 6.38. The van der Waals surface area contributed by atoms with Gasteiger partial charge in [0.05, 0.1) is 0 Å². The molecule has 1 amide bonds. The first kappa shape index (κ1) is 14.3. The number of hydrogen-bond donors (Lipinski definition) is 1. The van der Waals surface area contributed by atoms with Gasteiger partial charge in [0.2, 0.25) is 5.91 Å². The van der Waals surface area contributed by atoms with Gasteiger partial charge in [0.1, 0.15) is 0 Å². The third-order valence-corrected chi connectivity index (χ3v) is 4.05. The molecule has 0 aliphatic heterocycles. The summed E-state index contributed by atoms with van der Waals surface area (Å²) < 4.78 is 0. The van der Waals surface area contributed by atoms with Gasteiger partial charge in [0, 0.05) is 11.8 Å². The maximum Gasteiger partial charge on any atom is 0.217 e. The summed E-state index contributed by atoms with van der Waals surface area (Å²) in [4.78, 5) is 11.2. The molecule has 0 radical (unpaired) electrons. The molecule has 2 aromatic rings. The van der Waals surface area contributed by atoms with Crippen LogP contribution >= 0.6 is 0 Å². The fourth-order valence-corrected chi connectivity index (χ4v) is 2.89. The number of rotatable bonds is 6. The van der Waals surface area contributed by atoms with Crippen LogP contribution in [0.2, 0.25) is 0 Å². The van der Waals surface area contributed by atoms with Crippen molar-refractivity contribution in [3.05, 3.63) is 71.8 Å². The molecule has 0 saturated heterocycles. The van der Waals surface area contributed by atoms with Crippen molar-refractivity contribution in [2.75, 3.05) is 0 Å². The smallest absolute Gasteiger partial charge is 0.217 e. The summed E-state index contributed by atoms with van der Waals surface area (Å²) in [6.07, 6.45) is 2.08. The van der Waals surface area contributed by atoms with Gasteiger partial charge < -0.3 is 5.73 Å². The summed E-state index contributed by atoms with van der Waals surface area (Å²) in [5, 5.41) is 0. The Morgan fingerprint density at radius 3 is 1.75 bits per heavy atom. The van der Waals surface area contributed by atoms with Crippen LogP contribution in [0.15, 0.2) is 60.7 Å². The first-order valence-corrected chi connectivity index (χ1v) is 7.08. The number of carbonyl (C=O) groups is 1. The Morgan fingerprint density at radius 2 is 1.40 bits per heavy atom. The molecule has 2 aromatic carbocycles. The average molecular weight is 267 g/mol. The highest BCUT2D eigenvalue weighted by Crippen LogP contribution is 2.39. The molecule has 0 saturated carbocycles. The molecule has 0 unspecified atom stereocenters. The molecular formula is C18H21NO. The quantitative estimate of drug-likeness (QED) is 0.853. The van der Waals surface area contributed by atoms with Crippen LogP contribution in [0, 0.1) is 0 Å². The second-order valence-electron chi connectivity index (χ2n) is 5.13. The highest BCUT2D eigenvalue weighted by atomic mass is 16.1. The molecule has 0 aliphatic rings. The van der Waals surface area contributed by atoms with E-state index in [9.17, 15) is 4.79 Å². The van der Waals surface area contributed by atoms with E-state index in [0.717, 1.165) is 12.8 Å². The van der Waals surface area contributed by atoms with Gasteiger partial charge in [-0.1, -0.05) is 67.6 Å². The van der Waals surface area contributed by atoms with Crippen molar-refractivity contribution in [1.82, 2.24) is 0 Å². The van der Waals surface area contributed by atoms with Crippen LogP contribution in [0.3, 0.4) is 0 Å². The fraction of sp³-hybridized carbons (Fsp3) is 0.278. The summed E-state index contributed by atoms with van der Waals surface area (Å²) in [7, 11) is 0. The summed E-state index contributed by atoms with van der Waals surface area (Å²) in [6.45, 7) is 2.17. The Morgan fingerprint density at radius 1 is 0.950 bits per heavy atom. The summed E-state index contributed by atoms with van der Waals surface area (Å²) in [5.74, 6) is -0.241. The zero-order valence-corrected chi connectivity index (χ0v) is 11.9. The van der Waals surface area contributed by atoms with E-state index in [-0.39, 0.29) is 11.3 Å². The molecule has 2 rings (SSSR count). The second-order valence-corrected chi connectivity index (χ2v) is 5.13. The van der Waals surface area contributed by atoms with E-state index in [1.165, 1.54) is 11.1 Å². The maximum atomic E-state index is 11.2. The number of amides is 1. The normalized spacial score (nSPS) is 11.2. The van der Waals surface area contributed by atoms with E-state index >= 15 is 0 Å². The van der Waals surface area contributed by atoms with Gasteiger partial charge in [0.25, 0.3) is 0 Å². The van der Waals surface area contributed by atoms with Crippen molar-refractivity contribution in [2.45, 2.75) is 31.6 Å². The number of primary amides is 1. The van der Waals surface area contributed by atoms with Crippen molar-refractivity contribution >= 4 is 5.91 Å². The highest BCUT2D eigenvalue weighted by Gasteiger charge is 2.32. The first-order chi connectivity index (χ1) is 9.69. The minimum atomic E-state index is -0.241. The lowest BCUT2D eigenvalue weighted by Gasteiger charge is -2.34. The van der Waals surface area contributed by atoms with Crippen LogP contribution in [0.4, 0.5) is 0 Å². The Bertz CT molecular complexity index is 509. The largest absolute Gasteiger partial charge is 0.370 e. The molecule has 2 nitrogen and oxygen atoms in total. The van der Waals surface area contributed by atoms with Gasteiger partial charge in [-0.3, -0.25) is 4.79 Å². The number of hydrogen-bond acceptors (Lipinski definition) is 1. The zero-order chi connectivity index (χ0) is 14.4. The number of nitrogens with two attached hydrogens (primary N) is 1. The molecule has 0 atom stereocenters. The Labute approximate surface area is 120 Å². The number of benzene rings is 2. The molecule has 2 heteroatoms. The minimum Gasteiger partial charge on any atom is -0.370 e. The summed E-state index contributed by atoms with van der Waals surface area (Å²) in [6, 6.07) is 20.8. The van der Waals surface area contributed by atoms with E-state index < -0.39 is 0 Å². The summed E-state index contributed by atoms with van der Waals surface area (Å²) >= 11 is 0. The van der Waals surface area contributed by atoms with Crippen LogP contribution in [-0.4, -0.2) is 5.91 Å².